The highest BCUT2D eigenvalue weighted by atomic mass is 79.9. The summed E-state index contributed by atoms with van der Waals surface area (Å²) in [5.41, 5.74) is 6.49. The molecule has 0 spiro atoms. The van der Waals surface area contributed by atoms with Gasteiger partial charge in [-0.05, 0) is 42.0 Å². The number of anilines is 1. The number of halogens is 1. The summed E-state index contributed by atoms with van der Waals surface area (Å²) >= 11 is 4.88. The number of rotatable bonds is 8. The molecule has 24 heavy (non-hydrogen) atoms. The van der Waals surface area contributed by atoms with Crippen LogP contribution in [0.5, 0.6) is 5.75 Å². The quantitative estimate of drug-likeness (QED) is 0.657. The molecule has 1 heterocycles. The summed E-state index contributed by atoms with van der Waals surface area (Å²) in [4.78, 5) is 14.5. The summed E-state index contributed by atoms with van der Waals surface area (Å²) in [7, 11) is 0. The van der Waals surface area contributed by atoms with Crippen LogP contribution in [-0.2, 0) is 4.74 Å². The molecule has 2 rings (SSSR count). The molecule has 0 bridgehead atoms. The molecule has 2 N–H and O–H groups in total. The van der Waals surface area contributed by atoms with E-state index in [0.29, 0.717) is 23.8 Å². The van der Waals surface area contributed by atoms with Gasteiger partial charge in [0, 0.05) is 11.9 Å². The molecule has 7 heteroatoms. The predicted octanol–water partition coefficient (Wildman–Crippen LogP) is 4.14. The minimum Gasteiger partial charge on any atom is -0.490 e. The van der Waals surface area contributed by atoms with Crippen LogP contribution in [-0.4, -0.2) is 43.7 Å². The van der Waals surface area contributed by atoms with Gasteiger partial charge in [0.05, 0.1) is 15.8 Å². The summed E-state index contributed by atoms with van der Waals surface area (Å²) in [5, 5.41) is 1.23. The highest BCUT2D eigenvalue weighted by Crippen LogP contribution is 2.43. The molecular formula is C17H23BrN2O3S. The Labute approximate surface area is 154 Å². The van der Waals surface area contributed by atoms with Crippen LogP contribution in [0, 0.1) is 0 Å². The van der Waals surface area contributed by atoms with E-state index in [1.165, 1.54) is 11.3 Å². The van der Waals surface area contributed by atoms with Gasteiger partial charge >= 0.3 is 5.97 Å². The lowest BCUT2D eigenvalue weighted by atomic mass is 10.1. The van der Waals surface area contributed by atoms with Crippen LogP contribution >= 0.6 is 27.3 Å². The fourth-order valence-corrected chi connectivity index (χ4v) is 4.13. The van der Waals surface area contributed by atoms with Gasteiger partial charge in [-0.1, -0.05) is 19.9 Å². The van der Waals surface area contributed by atoms with Crippen LogP contribution < -0.4 is 10.5 Å². The molecule has 0 saturated carbocycles. The van der Waals surface area contributed by atoms with Gasteiger partial charge in [-0.3, -0.25) is 0 Å². The third-order valence-corrected chi connectivity index (χ3v) is 5.48. The van der Waals surface area contributed by atoms with Crippen LogP contribution in [0.4, 0.5) is 5.00 Å². The van der Waals surface area contributed by atoms with Crippen LogP contribution in [0.3, 0.4) is 0 Å². The van der Waals surface area contributed by atoms with E-state index in [2.05, 4.69) is 34.7 Å². The van der Waals surface area contributed by atoms with Gasteiger partial charge in [-0.2, -0.15) is 0 Å². The number of benzene rings is 1. The van der Waals surface area contributed by atoms with Crippen LogP contribution in [0.25, 0.3) is 10.1 Å². The average molecular weight is 415 g/mol. The number of thiophene rings is 1. The third-order valence-electron chi connectivity index (χ3n) is 3.82. The maximum atomic E-state index is 12.2. The first-order chi connectivity index (χ1) is 11.5. The van der Waals surface area contributed by atoms with Gasteiger partial charge in [-0.15, -0.1) is 11.3 Å². The molecule has 0 aliphatic rings. The zero-order chi connectivity index (χ0) is 17.7. The number of likely N-dealkylation sites (N-methyl/N-ethyl adjacent to an activating group) is 1. The van der Waals surface area contributed by atoms with Crippen molar-refractivity contribution in [2.24, 2.45) is 0 Å². The van der Waals surface area contributed by atoms with Crippen molar-refractivity contribution in [3.05, 3.63) is 22.2 Å². The Hall–Kier alpha value is -1.31. The Balaban J connectivity index is 2.31. The van der Waals surface area contributed by atoms with Crippen molar-refractivity contribution < 1.29 is 14.3 Å². The third kappa shape index (κ3) is 4.02. The van der Waals surface area contributed by atoms with Crippen molar-refractivity contribution in [2.75, 3.05) is 38.6 Å². The van der Waals surface area contributed by atoms with Gasteiger partial charge < -0.3 is 20.1 Å². The Morgan fingerprint density at radius 3 is 2.62 bits per heavy atom. The van der Waals surface area contributed by atoms with E-state index in [1.807, 2.05) is 12.1 Å². The molecule has 0 unspecified atom stereocenters. The van der Waals surface area contributed by atoms with E-state index in [4.69, 9.17) is 15.2 Å². The van der Waals surface area contributed by atoms with Crippen molar-refractivity contribution in [1.29, 1.82) is 0 Å². The molecule has 0 fully saturated rings. The van der Waals surface area contributed by atoms with Gasteiger partial charge in [0.1, 0.15) is 17.2 Å². The standard InChI is InChI=1S/C17H23BrN2O3S/c1-4-20(5-2)9-10-23-14-12(18)8-7-11-13(17(21)22-6-3)16(19)24-15(11)14/h7-8H,4-6,9-10,19H2,1-3H3. The molecule has 0 saturated heterocycles. The topological polar surface area (TPSA) is 64.8 Å². The van der Waals surface area contributed by atoms with Crippen LogP contribution in [0.2, 0.25) is 0 Å². The number of carbonyl (C=O) groups excluding carboxylic acids is 1. The van der Waals surface area contributed by atoms with Gasteiger partial charge in [0.2, 0.25) is 0 Å². The number of carbonyl (C=O) groups is 1. The van der Waals surface area contributed by atoms with E-state index >= 15 is 0 Å². The van der Waals surface area contributed by atoms with Gasteiger partial charge in [-0.25, -0.2) is 4.79 Å². The number of hydrogen-bond donors (Lipinski definition) is 1. The second-order valence-electron chi connectivity index (χ2n) is 5.19. The van der Waals surface area contributed by atoms with Crippen molar-refractivity contribution in [2.45, 2.75) is 20.8 Å². The molecule has 0 aliphatic heterocycles. The molecule has 2 aromatic rings. The molecule has 0 aliphatic carbocycles. The SMILES string of the molecule is CCOC(=O)c1c(N)sc2c(OCCN(CC)CC)c(Br)ccc12. The molecular weight excluding hydrogens is 392 g/mol. The van der Waals surface area contributed by atoms with E-state index in [9.17, 15) is 4.79 Å². The highest BCUT2D eigenvalue weighted by Gasteiger charge is 2.22. The lowest BCUT2D eigenvalue weighted by Crippen LogP contribution is -2.27. The van der Waals surface area contributed by atoms with Crippen LogP contribution in [0.1, 0.15) is 31.1 Å². The summed E-state index contributed by atoms with van der Waals surface area (Å²) in [6.07, 6.45) is 0. The Kier molecular flexibility index (Phi) is 6.89. The smallest absolute Gasteiger partial charge is 0.341 e. The maximum absolute atomic E-state index is 12.2. The summed E-state index contributed by atoms with van der Waals surface area (Å²) in [6, 6.07) is 3.75. The number of nitrogens with zero attached hydrogens (tertiary/aromatic N) is 1. The number of nitrogens with two attached hydrogens (primary N) is 1. The van der Waals surface area contributed by atoms with E-state index < -0.39 is 5.97 Å². The first-order valence-corrected chi connectivity index (χ1v) is 9.67. The van der Waals surface area contributed by atoms with E-state index in [1.54, 1.807) is 6.92 Å². The summed E-state index contributed by atoms with van der Waals surface area (Å²) in [6.45, 7) is 9.76. The summed E-state index contributed by atoms with van der Waals surface area (Å²) in [5.74, 6) is 0.338. The second-order valence-corrected chi connectivity index (χ2v) is 7.10. The fourth-order valence-electron chi connectivity index (χ4n) is 2.50. The lowest BCUT2D eigenvalue weighted by molar-refractivity contribution is 0.0530. The summed E-state index contributed by atoms with van der Waals surface area (Å²) < 4.78 is 12.8. The molecule has 0 atom stereocenters. The lowest BCUT2D eigenvalue weighted by Gasteiger charge is -2.18. The molecule has 0 amide bonds. The predicted molar refractivity (Wildman–Crippen MR) is 103 cm³/mol. The number of ether oxygens (including phenoxy) is 2. The minimum atomic E-state index is -0.391. The Morgan fingerprint density at radius 1 is 1.29 bits per heavy atom. The van der Waals surface area contributed by atoms with E-state index in [0.717, 1.165) is 39.9 Å². The maximum Gasteiger partial charge on any atom is 0.341 e. The number of hydrogen-bond acceptors (Lipinski definition) is 6. The first-order valence-electron chi connectivity index (χ1n) is 8.06. The largest absolute Gasteiger partial charge is 0.490 e. The fraction of sp³-hybridized carbons (Fsp3) is 0.471. The molecule has 1 aromatic heterocycles. The number of fused-ring (bicyclic) bond motifs is 1. The molecule has 1 aromatic carbocycles. The zero-order valence-electron chi connectivity index (χ0n) is 14.2. The normalized spacial score (nSPS) is 11.2. The van der Waals surface area contributed by atoms with Gasteiger partial charge in [0.15, 0.2) is 5.75 Å². The first kappa shape index (κ1) is 19.0. The Morgan fingerprint density at radius 2 is 2.00 bits per heavy atom. The number of nitrogen functional groups attached to an aromatic ring is 1. The average Bonchev–Trinajstić information content (AvgIpc) is 2.90. The minimum absolute atomic E-state index is 0.319. The van der Waals surface area contributed by atoms with Crippen LogP contribution in [0.15, 0.2) is 16.6 Å². The molecule has 5 nitrogen and oxygen atoms in total. The van der Waals surface area contributed by atoms with Crippen molar-refractivity contribution in [3.8, 4) is 5.75 Å². The monoisotopic (exact) mass is 414 g/mol. The van der Waals surface area contributed by atoms with E-state index in [-0.39, 0.29) is 0 Å². The van der Waals surface area contributed by atoms with Gasteiger partial charge in [0.25, 0.3) is 0 Å². The molecule has 0 radical (unpaired) electrons. The second kappa shape index (κ2) is 8.69. The Bertz CT molecular complexity index is 713. The van der Waals surface area contributed by atoms with Crippen molar-refractivity contribution in [3.63, 3.8) is 0 Å². The zero-order valence-corrected chi connectivity index (χ0v) is 16.6. The highest BCUT2D eigenvalue weighted by molar-refractivity contribution is 9.10. The number of esters is 1. The van der Waals surface area contributed by atoms with Crippen molar-refractivity contribution in [1.82, 2.24) is 4.90 Å². The molecule has 132 valence electrons. The van der Waals surface area contributed by atoms with Crippen molar-refractivity contribution >= 4 is 48.3 Å².